The van der Waals surface area contributed by atoms with Crippen LogP contribution in [0.15, 0.2) is 66.9 Å². The van der Waals surface area contributed by atoms with E-state index in [0.717, 1.165) is 37.3 Å². The topological polar surface area (TPSA) is 21.1 Å². The van der Waals surface area contributed by atoms with Crippen LogP contribution in [0.4, 0.5) is 10.2 Å². The van der Waals surface area contributed by atoms with E-state index in [0.29, 0.717) is 18.0 Å². The smallest absolute Gasteiger partial charge is 0.153 e. The average Bonchev–Trinajstić information content (AvgIpc) is 3.06. The molecular weight excluding hydrogens is 421 g/mol. The molecule has 0 unspecified atom stereocenters. The van der Waals surface area contributed by atoms with Crippen LogP contribution in [-0.4, -0.2) is 22.6 Å². The molecule has 1 aliphatic rings. The highest BCUT2D eigenvalue weighted by atomic mass is 35.5. The van der Waals surface area contributed by atoms with Gasteiger partial charge < -0.3 is 9.47 Å². The molecular formula is C27H29ClFN3. The molecule has 32 heavy (non-hydrogen) atoms. The highest BCUT2D eigenvalue weighted by Crippen LogP contribution is 2.35. The minimum atomic E-state index is -0.157. The normalized spacial score (nSPS) is 14.5. The molecule has 1 fully saturated rings. The zero-order valence-corrected chi connectivity index (χ0v) is 19.4. The summed E-state index contributed by atoms with van der Waals surface area (Å²) in [5.74, 6) is 1.47. The van der Waals surface area contributed by atoms with Crippen molar-refractivity contribution in [2.45, 2.75) is 39.2 Å². The van der Waals surface area contributed by atoms with Gasteiger partial charge in [0.05, 0.1) is 12.1 Å². The molecule has 0 atom stereocenters. The van der Waals surface area contributed by atoms with E-state index in [4.69, 9.17) is 4.98 Å². The standard InChI is InChI=1S/C27H28FN3.ClH/c1-19-20(2)31(18-23-10-6-7-11-25(23)28)26-24(19)12-15-29-27(26)30-16-13-22(14-17-30)21-8-4-3-5-9-21;/h3-12,15,22H,13-14,16-18H2,1-2H3;1H. The van der Waals surface area contributed by atoms with Crippen molar-refractivity contribution in [3.05, 3.63) is 95.1 Å². The lowest BCUT2D eigenvalue weighted by Gasteiger charge is -2.33. The molecule has 0 amide bonds. The predicted molar refractivity (Wildman–Crippen MR) is 133 cm³/mol. The van der Waals surface area contributed by atoms with Crippen LogP contribution < -0.4 is 4.90 Å². The fourth-order valence-corrected chi connectivity index (χ4v) is 4.95. The largest absolute Gasteiger partial charge is 0.355 e. The maximum atomic E-state index is 14.4. The van der Waals surface area contributed by atoms with Gasteiger partial charge in [0.15, 0.2) is 5.82 Å². The highest BCUT2D eigenvalue weighted by molar-refractivity contribution is 5.93. The van der Waals surface area contributed by atoms with Gasteiger partial charge in [0.25, 0.3) is 0 Å². The van der Waals surface area contributed by atoms with Crippen molar-refractivity contribution >= 4 is 29.1 Å². The first-order valence-electron chi connectivity index (χ1n) is 11.1. The predicted octanol–water partition coefficient (Wildman–Crippen LogP) is 6.65. The molecule has 0 N–H and O–H groups in total. The number of pyridine rings is 1. The van der Waals surface area contributed by atoms with Gasteiger partial charge in [0.1, 0.15) is 5.82 Å². The molecule has 166 valence electrons. The van der Waals surface area contributed by atoms with Crippen molar-refractivity contribution in [1.82, 2.24) is 9.55 Å². The average molecular weight is 450 g/mol. The summed E-state index contributed by atoms with van der Waals surface area (Å²) in [6.07, 6.45) is 4.16. The van der Waals surface area contributed by atoms with Gasteiger partial charge in [-0.15, -0.1) is 12.4 Å². The second kappa shape index (κ2) is 9.33. The van der Waals surface area contributed by atoms with Crippen LogP contribution in [0.5, 0.6) is 0 Å². The molecule has 5 rings (SSSR count). The van der Waals surface area contributed by atoms with Crippen molar-refractivity contribution in [2.75, 3.05) is 18.0 Å². The first-order chi connectivity index (χ1) is 15.1. The van der Waals surface area contributed by atoms with Crippen molar-refractivity contribution < 1.29 is 4.39 Å². The number of rotatable bonds is 4. The molecule has 0 aliphatic carbocycles. The first-order valence-corrected chi connectivity index (χ1v) is 11.1. The van der Waals surface area contributed by atoms with Gasteiger partial charge in [0, 0.05) is 35.9 Å². The molecule has 3 nitrogen and oxygen atoms in total. The number of anilines is 1. The second-order valence-electron chi connectivity index (χ2n) is 8.59. The number of piperidine rings is 1. The molecule has 4 aromatic rings. The van der Waals surface area contributed by atoms with Gasteiger partial charge >= 0.3 is 0 Å². The molecule has 0 spiro atoms. The molecule has 5 heteroatoms. The minimum absolute atomic E-state index is 0. The number of fused-ring (bicyclic) bond motifs is 1. The third-order valence-corrected chi connectivity index (χ3v) is 6.88. The maximum Gasteiger partial charge on any atom is 0.153 e. The lowest BCUT2D eigenvalue weighted by molar-refractivity contribution is 0.503. The minimum Gasteiger partial charge on any atom is -0.355 e. The zero-order valence-electron chi connectivity index (χ0n) is 18.6. The fraction of sp³-hybridized carbons (Fsp3) is 0.296. The monoisotopic (exact) mass is 449 g/mol. The number of aromatic nitrogens is 2. The van der Waals surface area contributed by atoms with Crippen molar-refractivity contribution in [3.8, 4) is 0 Å². The summed E-state index contributed by atoms with van der Waals surface area (Å²) >= 11 is 0. The van der Waals surface area contributed by atoms with E-state index in [9.17, 15) is 4.39 Å². The van der Waals surface area contributed by atoms with Gasteiger partial charge in [-0.2, -0.15) is 0 Å². The molecule has 0 saturated carbocycles. The first kappa shape index (κ1) is 22.3. The number of hydrogen-bond donors (Lipinski definition) is 0. The lowest BCUT2D eigenvalue weighted by Crippen LogP contribution is -2.33. The molecule has 0 bridgehead atoms. The van der Waals surface area contributed by atoms with Gasteiger partial charge in [-0.25, -0.2) is 9.37 Å². The SMILES string of the molecule is Cc1c(C)n(Cc2ccccc2F)c2c(N3CCC(c4ccccc4)CC3)nccc12.Cl. The van der Waals surface area contributed by atoms with E-state index in [-0.39, 0.29) is 18.2 Å². The van der Waals surface area contributed by atoms with Crippen molar-refractivity contribution in [2.24, 2.45) is 0 Å². The Balaban J connectivity index is 0.00000245. The highest BCUT2D eigenvalue weighted by Gasteiger charge is 2.25. The molecule has 2 aromatic heterocycles. The third-order valence-electron chi connectivity index (χ3n) is 6.88. The number of hydrogen-bond acceptors (Lipinski definition) is 2. The maximum absolute atomic E-state index is 14.4. The summed E-state index contributed by atoms with van der Waals surface area (Å²) in [7, 11) is 0. The van der Waals surface area contributed by atoms with Crippen LogP contribution >= 0.6 is 12.4 Å². The quantitative estimate of drug-likeness (QED) is 0.348. The van der Waals surface area contributed by atoms with E-state index in [1.54, 1.807) is 6.07 Å². The number of nitrogens with zero attached hydrogens (tertiary/aromatic N) is 3. The van der Waals surface area contributed by atoms with Gasteiger partial charge in [-0.05, 0) is 55.9 Å². The van der Waals surface area contributed by atoms with Crippen molar-refractivity contribution in [1.29, 1.82) is 0 Å². The number of aryl methyl sites for hydroxylation is 1. The van der Waals surface area contributed by atoms with Crippen molar-refractivity contribution in [3.63, 3.8) is 0 Å². The summed E-state index contributed by atoms with van der Waals surface area (Å²) in [6.45, 7) is 6.76. The number of halogens is 2. The summed E-state index contributed by atoms with van der Waals surface area (Å²) in [4.78, 5) is 7.23. The zero-order chi connectivity index (χ0) is 21.4. The summed E-state index contributed by atoms with van der Waals surface area (Å²) < 4.78 is 16.7. The van der Waals surface area contributed by atoms with Crippen LogP contribution in [0.3, 0.4) is 0 Å². The van der Waals surface area contributed by atoms with Gasteiger partial charge in [-0.1, -0.05) is 48.5 Å². The third kappa shape index (κ3) is 4.00. The van der Waals surface area contributed by atoms with E-state index in [1.807, 2.05) is 18.3 Å². The lowest BCUT2D eigenvalue weighted by atomic mass is 9.89. The summed E-state index contributed by atoms with van der Waals surface area (Å²) in [5, 5.41) is 1.21. The molecule has 0 radical (unpaired) electrons. The van der Waals surface area contributed by atoms with Crippen LogP contribution in [0, 0.1) is 19.7 Å². The molecule has 1 aliphatic heterocycles. The Hall–Kier alpha value is -2.85. The van der Waals surface area contributed by atoms with Gasteiger partial charge in [0.2, 0.25) is 0 Å². The number of benzene rings is 2. The Morgan fingerprint density at radius 2 is 1.62 bits per heavy atom. The Labute approximate surface area is 195 Å². The second-order valence-corrected chi connectivity index (χ2v) is 8.59. The Bertz CT molecular complexity index is 1210. The van der Waals surface area contributed by atoms with E-state index in [2.05, 4.69) is 59.7 Å². The molecule has 1 saturated heterocycles. The van der Waals surface area contributed by atoms with Gasteiger partial charge in [-0.3, -0.25) is 0 Å². The summed E-state index contributed by atoms with van der Waals surface area (Å²) in [5.41, 5.74) is 5.68. The Morgan fingerprint density at radius 3 is 2.34 bits per heavy atom. The molecule has 2 aromatic carbocycles. The van der Waals surface area contributed by atoms with Crippen LogP contribution in [-0.2, 0) is 6.54 Å². The van der Waals surface area contributed by atoms with Crippen LogP contribution in [0.25, 0.3) is 10.9 Å². The summed E-state index contributed by atoms with van der Waals surface area (Å²) in [6, 6.07) is 20.0. The Morgan fingerprint density at radius 1 is 0.938 bits per heavy atom. The van der Waals surface area contributed by atoms with Crippen LogP contribution in [0.1, 0.15) is 41.1 Å². The van der Waals surface area contributed by atoms with Crippen LogP contribution in [0.2, 0.25) is 0 Å². The fourth-order valence-electron chi connectivity index (χ4n) is 4.95. The van der Waals surface area contributed by atoms with E-state index >= 15 is 0 Å². The van der Waals surface area contributed by atoms with E-state index in [1.165, 1.54) is 28.3 Å². The Kier molecular flexibility index (Phi) is 6.52. The van der Waals surface area contributed by atoms with E-state index < -0.39 is 0 Å². The molecule has 3 heterocycles.